The SMILES string of the molecule is CCCn1ccnc1C(N)c1ccc(Cl)cc1Cl. The minimum Gasteiger partial charge on any atom is -0.333 e. The van der Waals surface area contributed by atoms with Gasteiger partial charge in [-0.1, -0.05) is 36.2 Å². The number of imidazole rings is 1. The number of aryl methyl sites for hydroxylation is 1. The van der Waals surface area contributed by atoms with E-state index in [1.165, 1.54) is 0 Å². The van der Waals surface area contributed by atoms with Crippen molar-refractivity contribution in [3.8, 4) is 0 Å². The highest BCUT2D eigenvalue weighted by Crippen LogP contribution is 2.28. The van der Waals surface area contributed by atoms with Crippen molar-refractivity contribution in [3.63, 3.8) is 0 Å². The molecule has 0 saturated carbocycles. The van der Waals surface area contributed by atoms with Crippen molar-refractivity contribution in [1.82, 2.24) is 9.55 Å². The van der Waals surface area contributed by atoms with Gasteiger partial charge in [0.15, 0.2) is 0 Å². The zero-order valence-corrected chi connectivity index (χ0v) is 11.6. The molecule has 2 rings (SSSR count). The summed E-state index contributed by atoms with van der Waals surface area (Å²) < 4.78 is 2.05. The van der Waals surface area contributed by atoms with Gasteiger partial charge in [0.05, 0.1) is 6.04 Å². The number of aromatic nitrogens is 2. The number of rotatable bonds is 4. The molecule has 0 spiro atoms. The van der Waals surface area contributed by atoms with E-state index in [0.717, 1.165) is 24.4 Å². The molecule has 0 fully saturated rings. The predicted octanol–water partition coefficient (Wildman–Crippen LogP) is 3.65. The molecule has 0 saturated heterocycles. The van der Waals surface area contributed by atoms with Crippen LogP contribution < -0.4 is 5.73 Å². The first-order chi connectivity index (χ1) is 8.63. The van der Waals surface area contributed by atoms with Crippen LogP contribution in [0.15, 0.2) is 30.6 Å². The lowest BCUT2D eigenvalue weighted by Gasteiger charge is -2.15. The van der Waals surface area contributed by atoms with Gasteiger partial charge < -0.3 is 10.3 Å². The highest BCUT2D eigenvalue weighted by atomic mass is 35.5. The van der Waals surface area contributed by atoms with Crippen LogP contribution in [0, 0.1) is 0 Å². The fourth-order valence-electron chi connectivity index (χ4n) is 1.92. The average molecular weight is 284 g/mol. The number of benzene rings is 1. The maximum atomic E-state index is 6.23. The second-order valence-corrected chi connectivity index (χ2v) is 4.97. The van der Waals surface area contributed by atoms with Crippen LogP contribution in [-0.4, -0.2) is 9.55 Å². The Hall–Kier alpha value is -1.03. The average Bonchev–Trinajstić information content (AvgIpc) is 2.77. The van der Waals surface area contributed by atoms with E-state index >= 15 is 0 Å². The number of hydrogen-bond acceptors (Lipinski definition) is 2. The van der Waals surface area contributed by atoms with E-state index in [-0.39, 0.29) is 6.04 Å². The van der Waals surface area contributed by atoms with Crippen LogP contribution in [0.1, 0.15) is 30.8 Å². The molecular weight excluding hydrogens is 269 g/mol. The van der Waals surface area contributed by atoms with Crippen LogP contribution in [0.25, 0.3) is 0 Å². The van der Waals surface area contributed by atoms with Gasteiger partial charge in [-0.2, -0.15) is 0 Å². The molecule has 1 aromatic carbocycles. The van der Waals surface area contributed by atoms with Gasteiger partial charge in [-0.05, 0) is 24.1 Å². The quantitative estimate of drug-likeness (QED) is 0.931. The van der Waals surface area contributed by atoms with E-state index in [9.17, 15) is 0 Å². The molecule has 2 N–H and O–H groups in total. The summed E-state index contributed by atoms with van der Waals surface area (Å²) in [5.74, 6) is 0.820. The molecule has 3 nitrogen and oxygen atoms in total. The van der Waals surface area contributed by atoms with Gasteiger partial charge in [0, 0.05) is 29.0 Å². The maximum absolute atomic E-state index is 6.23. The molecule has 5 heteroatoms. The normalized spacial score (nSPS) is 12.7. The van der Waals surface area contributed by atoms with Gasteiger partial charge in [0.1, 0.15) is 5.82 Å². The highest BCUT2D eigenvalue weighted by molar-refractivity contribution is 6.35. The minimum atomic E-state index is -0.337. The van der Waals surface area contributed by atoms with Crippen LogP contribution in [0.5, 0.6) is 0 Å². The molecule has 1 unspecified atom stereocenters. The van der Waals surface area contributed by atoms with Crippen LogP contribution in [0.2, 0.25) is 10.0 Å². The standard InChI is InChI=1S/C13H15Cl2N3/c1-2-6-18-7-5-17-13(18)12(16)10-4-3-9(14)8-11(10)15/h3-5,7-8,12H,2,6,16H2,1H3. The predicted molar refractivity (Wildman–Crippen MR) is 75.0 cm³/mol. The molecule has 0 bridgehead atoms. The molecule has 1 atom stereocenters. The number of hydrogen-bond donors (Lipinski definition) is 1. The lowest BCUT2D eigenvalue weighted by molar-refractivity contribution is 0.613. The van der Waals surface area contributed by atoms with Crippen molar-refractivity contribution in [1.29, 1.82) is 0 Å². The Morgan fingerprint density at radius 1 is 1.39 bits per heavy atom. The highest BCUT2D eigenvalue weighted by Gasteiger charge is 2.17. The Labute approximate surface area is 117 Å². The largest absolute Gasteiger partial charge is 0.333 e. The molecule has 1 heterocycles. The fourth-order valence-corrected chi connectivity index (χ4v) is 2.45. The summed E-state index contributed by atoms with van der Waals surface area (Å²) in [6, 6.07) is 5.00. The van der Waals surface area contributed by atoms with E-state index in [0.29, 0.717) is 10.0 Å². The van der Waals surface area contributed by atoms with Crippen molar-refractivity contribution in [2.24, 2.45) is 5.73 Å². The third-order valence-electron chi connectivity index (χ3n) is 2.79. The van der Waals surface area contributed by atoms with Crippen molar-refractivity contribution in [2.75, 3.05) is 0 Å². The second kappa shape index (κ2) is 5.74. The third-order valence-corrected chi connectivity index (χ3v) is 3.35. The van der Waals surface area contributed by atoms with Gasteiger partial charge in [-0.25, -0.2) is 4.98 Å². The van der Waals surface area contributed by atoms with Crippen molar-refractivity contribution in [3.05, 3.63) is 52.0 Å². The van der Waals surface area contributed by atoms with E-state index in [2.05, 4.69) is 16.5 Å². The number of nitrogens with zero attached hydrogens (tertiary/aromatic N) is 2. The Morgan fingerprint density at radius 3 is 2.83 bits per heavy atom. The van der Waals surface area contributed by atoms with Crippen LogP contribution >= 0.6 is 23.2 Å². The smallest absolute Gasteiger partial charge is 0.130 e. The first kappa shape index (κ1) is 13.4. The van der Waals surface area contributed by atoms with Gasteiger partial charge in [0.2, 0.25) is 0 Å². The molecule has 1 aromatic heterocycles. The first-order valence-electron chi connectivity index (χ1n) is 5.85. The molecule has 96 valence electrons. The lowest BCUT2D eigenvalue weighted by Crippen LogP contribution is -2.18. The Kier molecular flexibility index (Phi) is 4.27. The molecular formula is C13H15Cl2N3. The third kappa shape index (κ3) is 2.69. The van der Waals surface area contributed by atoms with Crippen molar-refractivity contribution < 1.29 is 0 Å². The van der Waals surface area contributed by atoms with E-state index in [1.54, 1.807) is 18.3 Å². The zero-order chi connectivity index (χ0) is 13.1. The van der Waals surface area contributed by atoms with Gasteiger partial charge in [-0.3, -0.25) is 0 Å². The van der Waals surface area contributed by atoms with Crippen LogP contribution in [0.4, 0.5) is 0 Å². The fraction of sp³-hybridized carbons (Fsp3) is 0.308. The topological polar surface area (TPSA) is 43.8 Å². The summed E-state index contributed by atoms with van der Waals surface area (Å²) in [4.78, 5) is 4.32. The molecule has 0 aliphatic heterocycles. The minimum absolute atomic E-state index is 0.337. The summed E-state index contributed by atoms with van der Waals surface area (Å²) in [5.41, 5.74) is 7.07. The number of halogens is 2. The second-order valence-electron chi connectivity index (χ2n) is 4.12. The molecule has 0 radical (unpaired) electrons. The van der Waals surface area contributed by atoms with Gasteiger partial charge in [0.25, 0.3) is 0 Å². The van der Waals surface area contributed by atoms with Gasteiger partial charge in [-0.15, -0.1) is 0 Å². The monoisotopic (exact) mass is 283 g/mol. The lowest BCUT2D eigenvalue weighted by atomic mass is 10.1. The van der Waals surface area contributed by atoms with E-state index in [1.807, 2.05) is 12.3 Å². The van der Waals surface area contributed by atoms with Crippen LogP contribution in [-0.2, 0) is 6.54 Å². The van der Waals surface area contributed by atoms with E-state index in [4.69, 9.17) is 28.9 Å². The Balaban J connectivity index is 2.35. The molecule has 0 aliphatic carbocycles. The van der Waals surface area contributed by atoms with Crippen LogP contribution in [0.3, 0.4) is 0 Å². The Morgan fingerprint density at radius 2 is 2.17 bits per heavy atom. The van der Waals surface area contributed by atoms with E-state index < -0.39 is 0 Å². The number of nitrogens with two attached hydrogens (primary N) is 1. The summed E-state index contributed by atoms with van der Waals surface area (Å²) in [5, 5.41) is 1.17. The Bertz CT molecular complexity index is 537. The summed E-state index contributed by atoms with van der Waals surface area (Å²) in [6.07, 6.45) is 4.72. The maximum Gasteiger partial charge on any atom is 0.130 e. The molecule has 0 amide bonds. The zero-order valence-electron chi connectivity index (χ0n) is 10.1. The van der Waals surface area contributed by atoms with Crippen molar-refractivity contribution >= 4 is 23.2 Å². The summed E-state index contributed by atoms with van der Waals surface area (Å²) in [7, 11) is 0. The van der Waals surface area contributed by atoms with Gasteiger partial charge >= 0.3 is 0 Å². The first-order valence-corrected chi connectivity index (χ1v) is 6.60. The molecule has 18 heavy (non-hydrogen) atoms. The summed E-state index contributed by atoms with van der Waals surface area (Å²) >= 11 is 12.1. The van der Waals surface area contributed by atoms with Crippen molar-refractivity contribution in [2.45, 2.75) is 25.9 Å². The molecule has 2 aromatic rings. The summed E-state index contributed by atoms with van der Waals surface area (Å²) in [6.45, 7) is 3.01. The molecule has 0 aliphatic rings.